The Morgan fingerprint density at radius 2 is 2.04 bits per heavy atom. The first-order valence-corrected chi connectivity index (χ1v) is 7.85. The number of benzene rings is 1. The van der Waals surface area contributed by atoms with Gasteiger partial charge in [-0.3, -0.25) is 4.68 Å². The van der Waals surface area contributed by atoms with Crippen LogP contribution in [-0.2, 0) is 13.6 Å². The maximum absolute atomic E-state index is 12.9. The summed E-state index contributed by atoms with van der Waals surface area (Å²) in [4.78, 5) is 8.61. The quantitative estimate of drug-likeness (QED) is 0.375. The van der Waals surface area contributed by atoms with Gasteiger partial charge in [0.2, 0.25) is 0 Å². The Labute approximate surface area is 164 Å². The molecule has 2 rings (SSSR count). The predicted octanol–water partition coefficient (Wildman–Crippen LogP) is 2.09. The van der Waals surface area contributed by atoms with Crippen molar-refractivity contribution in [2.24, 2.45) is 12.0 Å². The molecule has 1 atom stereocenters. The van der Waals surface area contributed by atoms with Crippen LogP contribution in [0.2, 0.25) is 0 Å². The third kappa shape index (κ3) is 7.24. The molecule has 0 spiro atoms. The van der Waals surface area contributed by atoms with Crippen molar-refractivity contribution in [1.82, 2.24) is 25.4 Å². The number of nitrogens with zero attached hydrogens (tertiary/aromatic N) is 4. The van der Waals surface area contributed by atoms with Gasteiger partial charge in [-0.05, 0) is 38.1 Å². The van der Waals surface area contributed by atoms with E-state index in [1.54, 1.807) is 16.8 Å². The summed E-state index contributed by atoms with van der Waals surface area (Å²) in [5.74, 6) is 1.81. The van der Waals surface area contributed by atoms with Gasteiger partial charge in [-0.25, -0.2) is 14.4 Å². The minimum Gasteiger partial charge on any atom is -0.489 e. The minimum atomic E-state index is -0.279. The zero-order valence-corrected chi connectivity index (χ0v) is 16.9. The largest absolute Gasteiger partial charge is 0.489 e. The maximum Gasteiger partial charge on any atom is 0.191 e. The zero-order chi connectivity index (χ0) is 17.4. The number of rotatable bonds is 7. The van der Waals surface area contributed by atoms with Crippen molar-refractivity contribution in [3.63, 3.8) is 0 Å². The highest BCUT2D eigenvalue weighted by Gasteiger charge is 2.07. The van der Waals surface area contributed by atoms with E-state index in [1.807, 2.05) is 20.9 Å². The molecule has 1 heterocycles. The van der Waals surface area contributed by atoms with Crippen molar-refractivity contribution >= 4 is 29.9 Å². The molecule has 9 heteroatoms. The molecule has 0 radical (unpaired) electrons. The fourth-order valence-corrected chi connectivity index (χ4v) is 1.98. The molecule has 0 bridgehead atoms. The average molecular weight is 462 g/mol. The molecule has 0 aliphatic rings. The monoisotopic (exact) mass is 462 g/mol. The zero-order valence-electron chi connectivity index (χ0n) is 14.6. The summed E-state index contributed by atoms with van der Waals surface area (Å²) in [6, 6.07) is 5.97. The third-order valence-electron chi connectivity index (χ3n) is 3.24. The van der Waals surface area contributed by atoms with E-state index in [0.29, 0.717) is 24.8 Å². The minimum absolute atomic E-state index is 0. The fourth-order valence-electron chi connectivity index (χ4n) is 1.98. The lowest BCUT2D eigenvalue weighted by molar-refractivity contribution is 0.223. The molecule has 0 fully saturated rings. The van der Waals surface area contributed by atoms with Crippen molar-refractivity contribution in [1.29, 1.82) is 0 Å². The second-order valence-corrected chi connectivity index (χ2v) is 5.26. The third-order valence-corrected chi connectivity index (χ3v) is 3.24. The normalized spacial score (nSPS) is 12.2. The van der Waals surface area contributed by atoms with Gasteiger partial charge in [0, 0.05) is 13.6 Å². The Morgan fingerprint density at radius 3 is 2.64 bits per heavy atom. The van der Waals surface area contributed by atoms with Gasteiger partial charge < -0.3 is 15.4 Å². The van der Waals surface area contributed by atoms with Crippen molar-refractivity contribution in [2.75, 3.05) is 13.1 Å². The van der Waals surface area contributed by atoms with Gasteiger partial charge in [0.1, 0.15) is 36.4 Å². The summed E-state index contributed by atoms with van der Waals surface area (Å²) in [6.07, 6.45) is 1.40. The van der Waals surface area contributed by atoms with E-state index >= 15 is 0 Å². The van der Waals surface area contributed by atoms with Gasteiger partial charge in [0.15, 0.2) is 5.96 Å². The molecule has 1 unspecified atom stereocenters. The van der Waals surface area contributed by atoms with E-state index in [0.717, 1.165) is 12.4 Å². The van der Waals surface area contributed by atoms with Crippen molar-refractivity contribution in [2.45, 2.75) is 26.5 Å². The van der Waals surface area contributed by atoms with Gasteiger partial charge in [0.25, 0.3) is 0 Å². The molecule has 7 nitrogen and oxygen atoms in total. The molecule has 2 N–H and O–H groups in total. The topological polar surface area (TPSA) is 76.4 Å². The number of halogens is 2. The molecule has 2 aromatic rings. The lowest BCUT2D eigenvalue weighted by Gasteiger charge is -2.17. The fraction of sp³-hybridized carbons (Fsp3) is 0.438. The first kappa shape index (κ1) is 21.1. The summed E-state index contributed by atoms with van der Waals surface area (Å²) in [5.41, 5.74) is 0. The van der Waals surface area contributed by atoms with Crippen molar-refractivity contribution in [3.05, 3.63) is 42.2 Å². The highest BCUT2D eigenvalue weighted by Crippen LogP contribution is 2.12. The van der Waals surface area contributed by atoms with Gasteiger partial charge >= 0.3 is 0 Å². The molecule has 138 valence electrons. The number of hydrogen-bond donors (Lipinski definition) is 2. The van der Waals surface area contributed by atoms with Crippen LogP contribution < -0.4 is 15.4 Å². The van der Waals surface area contributed by atoms with Crippen LogP contribution >= 0.6 is 24.0 Å². The van der Waals surface area contributed by atoms with Crippen LogP contribution in [0.5, 0.6) is 5.75 Å². The van der Waals surface area contributed by atoms with E-state index in [1.165, 1.54) is 18.5 Å². The van der Waals surface area contributed by atoms with Crippen LogP contribution in [-0.4, -0.2) is 39.9 Å². The SMILES string of the molecule is CCNC(=NCc1ncnn1C)NCC(C)Oc1ccc(F)cc1.I. The molecule has 0 saturated carbocycles. The summed E-state index contributed by atoms with van der Waals surface area (Å²) in [7, 11) is 1.83. The highest BCUT2D eigenvalue weighted by atomic mass is 127. The summed E-state index contributed by atoms with van der Waals surface area (Å²) < 4.78 is 20.3. The summed E-state index contributed by atoms with van der Waals surface area (Å²) in [6.45, 7) is 5.67. The smallest absolute Gasteiger partial charge is 0.191 e. The maximum atomic E-state index is 12.9. The molecule has 25 heavy (non-hydrogen) atoms. The highest BCUT2D eigenvalue weighted by molar-refractivity contribution is 14.0. The Hall–Kier alpha value is -1.91. The lowest BCUT2D eigenvalue weighted by atomic mass is 10.3. The lowest BCUT2D eigenvalue weighted by Crippen LogP contribution is -2.41. The van der Waals surface area contributed by atoms with E-state index in [4.69, 9.17) is 4.74 Å². The van der Waals surface area contributed by atoms with Crippen molar-refractivity contribution < 1.29 is 9.13 Å². The molecule has 1 aromatic carbocycles. The molecule has 1 aromatic heterocycles. The number of aromatic nitrogens is 3. The molecule has 0 saturated heterocycles. The van der Waals surface area contributed by atoms with Crippen molar-refractivity contribution in [3.8, 4) is 5.75 Å². The number of hydrogen-bond acceptors (Lipinski definition) is 4. The molecular weight excluding hydrogens is 438 g/mol. The van der Waals surface area contributed by atoms with Crippen LogP contribution in [0.3, 0.4) is 0 Å². The first-order valence-electron chi connectivity index (χ1n) is 7.85. The van der Waals surface area contributed by atoms with E-state index in [9.17, 15) is 4.39 Å². The van der Waals surface area contributed by atoms with E-state index < -0.39 is 0 Å². The molecule has 0 aliphatic heterocycles. The number of aliphatic imine (C=N–C) groups is 1. The number of aryl methyl sites for hydroxylation is 1. The van der Waals surface area contributed by atoms with Crippen LogP contribution in [0.15, 0.2) is 35.6 Å². The number of ether oxygens (including phenoxy) is 1. The van der Waals surface area contributed by atoms with E-state index in [2.05, 4.69) is 25.7 Å². The van der Waals surface area contributed by atoms with Gasteiger partial charge in [0.05, 0.1) is 6.54 Å². The van der Waals surface area contributed by atoms with E-state index in [-0.39, 0.29) is 35.9 Å². The Morgan fingerprint density at radius 1 is 1.32 bits per heavy atom. The van der Waals surface area contributed by atoms with Crippen LogP contribution in [0.4, 0.5) is 4.39 Å². The van der Waals surface area contributed by atoms with Gasteiger partial charge in [-0.2, -0.15) is 5.10 Å². The first-order chi connectivity index (χ1) is 11.6. The second kappa shape index (κ2) is 10.9. The van der Waals surface area contributed by atoms with Gasteiger partial charge in [-0.1, -0.05) is 0 Å². The summed E-state index contributed by atoms with van der Waals surface area (Å²) >= 11 is 0. The van der Waals surface area contributed by atoms with Gasteiger partial charge in [-0.15, -0.1) is 24.0 Å². The average Bonchev–Trinajstić information content (AvgIpc) is 2.97. The second-order valence-electron chi connectivity index (χ2n) is 5.26. The Balaban J connectivity index is 0.00000312. The molecule has 0 aliphatic carbocycles. The molecular formula is C16H24FIN6O. The Bertz CT molecular complexity index is 661. The van der Waals surface area contributed by atoms with Crippen LogP contribution in [0.1, 0.15) is 19.7 Å². The predicted molar refractivity (Wildman–Crippen MR) is 106 cm³/mol. The number of guanidine groups is 1. The Kier molecular flexibility index (Phi) is 9.17. The molecule has 0 amide bonds. The van der Waals surface area contributed by atoms with Crippen LogP contribution in [0.25, 0.3) is 0 Å². The van der Waals surface area contributed by atoms with Crippen LogP contribution in [0, 0.1) is 5.82 Å². The summed E-state index contributed by atoms with van der Waals surface area (Å²) in [5, 5.41) is 10.4. The standard InChI is InChI=1S/C16H23FN6O.HI/c1-4-18-16(20-10-15-21-11-22-23(15)3)19-9-12(2)24-14-7-5-13(17)6-8-14;/h5-8,11-12H,4,9-10H2,1-3H3,(H2,18,19,20);1H. The number of nitrogens with one attached hydrogen (secondary N) is 2.